The summed E-state index contributed by atoms with van der Waals surface area (Å²) in [6.45, 7) is 0. The van der Waals surface area contributed by atoms with Crippen molar-refractivity contribution in [1.29, 1.82) is 0 Å². The van der Waals surface area contributed by atoms with Crippen LogP contribution in [0.2, 0.25) is 0 Å². The molecule has 13 heavy (non-hydrogen) atoms. The second-order valence-corrected chi connectivity index (χ2v) is 4.99. The van der Waals surface area contributed by atoms with Crippen molar-refractivity contribution in [2.75, 3.05) is 0 Å². The minimum absolute atomic E-state index is 0.840. The summed E-state index contributed by atoms with van der Waals surface area (Å²) in [5.41, 5.74) is 0. The van der Waals surface area contributed by atoms with Crippen molar-refractivity contribution in [2.45, 2.75) is 50.6 Å². The van der Waals surface area contributed by atoms with Gasteiger partial charge in [0.1, 0.15) is 0 Å². The Hall–Kier alpha value is -0.300. The Morgan fingerprint density at radius 2 is 2.00 bits per heavy atom. The first-order chi connectivity index (χ1) is 6.43. The molecule has 1 N–H and O–H groups in total. The Bertz CT molecular complexity index is 215. The van der Waals surface area contributed by atoms with Gasteiger partial charge in [0.2, 0.25) is 0 Å². The van der Waals surface area contributed by atoms with Crippen LogP contribution in [-0.2, 0) is 0 Å². The van der Waals surface area contributed by atoms with E-state index in [2.05, 4.69) is 17.5 Å². The van der Waals surface area contributed by atoms with Gasteiger partial charge in [0, 0.05) is 12.1 Å². The maximum Gasteiger partial charge on any atom is 0.0138 e. The van der Waals surface area contributed by atoms with E-state index >= 15 is 0 Å². The Balaban J connectivity index is 1.53. The van der Waals surface area contributed by atoms with Crippen LogP contribution in [-0.4, -0.2) is 12.1 Å². The molecule has 3 rings (SSSR count). The number of nitrogens with one attached hydrogen (secondary N) is 1. The predicted molar refractivity (Wildman–Crippen MR) is 54.5 cm³/mol. The fourth-order valence-electron chi connectivity index (χ4n) is 3.30. The van der Waals surface area contributed by atoms with Gasteiger partial charge in [-0.25, -0.2) is 0 Å². The molecule has 0 saturated heterocycles. The van der Waals surface area contributed by atoms with Crippen molar-refractivity contribution in [3.63, 3.8) is 0 Å². The zero-order valence-corrected chi connectivity index (χ0v) is 8.21. The Morgan fingerprint density at radius 1 is 1.15 bits per heavy atom. The first-order valence-corrected chi connectivity index (χ1v) is 5.86. The lowest BCUT2D eigenvalue weighted by molar-refractivity contribution is 0.150. The van der Waals surface area contributed by atoms with Crippen molar-refractivity contribution in [3.8, 4) is 0 Å². The quantitative estimate of drug-likeness (QED) is 0.639. The first kappa shape index (κ1) is 8.05. The van der Waals surface area contributed by atoms with Gasteiger partial charge < -0.3 is 5.32 Å². The zero-order valence-electron chi connectivity index (χ0n) is 8.21. The fourth-order valence-corrected chi connectivity index (χ4v) is 3.30. The summed E-state index contributed by atoms with van der Waals surface area (Å²) >= 11 is 0. The van der Waals surface area contributed by atoms with Gasteiger partial charge in [-0.15, -0.1) is 0 Å². The van der Waals surface area contributed by atoms with Crippen LogP contribution < -0.4 is 5.32 Å². The van der Waals surface area contributed by atoms with Crippen molar-refractivity contribution in [3.05, 3.63) is 12.2 Å². The van der Waals surface area contributed by atoms with Gasteiger partial charge in [0.15, 0.2) is 0 Å². The van der Waals surface area contributed by atoms with Crippen molar-refractivity contribution < 1.29 is 0 Å². The Labute approximate surface area is 80.6 Å². The van der Waals surface area contributed by atoms with Crippen LogP contribution in [0.3, 0.4) is 0 Å². The molecule has 0 spiro atoms. The first-order valence-electron chi connectivity index (χ1n) is 5.86. The molecule has 0 aromatic heterocycles. The zero-order chi connectivity index (χ0) is 8.67. The van der Waals surface area contributed by atoms with Crippen molar-refractivity contribution in [2.24, 2.45) is 11.8 Å². The molecule has 0 bridgehead atoms. The highest BCUT2D eigenvalue weighted by atomic mass is 15.0. The maximum atomic E-state index is 3.84. The molecule has 0 amide bonds. The third-order valence-electron chi connectivity index (χ3n) is 4.17. The second-order valence-electron chi connectivity index (χ2n) is 4.99. The average Bonchev–Trinajstić information content (AvgIpc) is 2.69. The van der Waals surface area contributed by atoms with E-state index in [1.165, 1.54) is 38.5 Å². The van der Waals surface area contributed by atoms with Crippen LogP contribution in [0.25, 0.3) is 0 Å². The third-order valence-corrected chi connectivity index (χ3v) is 4.17. The SMILES string of the molecule is C1=CC2C(C1)CC2NC1CCCC1. The molecule has 2 fully saturated rings. The molecular weight excluding hydrogens is 158 g/mol. The topological polar surface area (TPSA) is 12.0 Å². The average molecular weight is 177 g/mol. The van der Waals surface area contributed by atoms with Gasteiger partial charge in [0.05, 0.1) is 0 Å². The summed E-state index contributed by atoms with van der Waals surface area (Å²) in [5, 5.41) is 3.84. The lowest BCUT2D eigenvalue weighted by Gasteiger charge is -2.42. The minimum Gasteiger partial charge on any atom is -0.311 e. The number of hydrogen-bond donors (Lipinski definition) is 1. The molecule has 1 nitrogen and oxygen atoms in total. The van der Waals surface area contributed by atoms with E-state index in [4.69, 9.17) is 0 Å². The second kappa shape index (κ2) is 3.13. The highest BCUT2D eigenvalue weighted by Crippen LogP contribution is 2.43. The number of allylic oxidation sites excluding steroid dienone is 1. The van der Waals surface area contributed by atoms with Crippen LogP contribution in [0.5, 0.6) is 0 Å². The molecule has 0 aromatic rings. The number of hydrogen-bond acceptors (Lipinski definition) is 1. The standard InChI is InChI=1S/C12H19N/c1-2-6-10(5-1)13-12-8-9-4-3-7-11(9)12/h3,7,9-13H,1-2,4-6,8H2. The summed E-state index contributed by atoms with van der Waals surface area (Å²) in [7, 11) is 0. The Kier molecular flexibility index (Phi) is 1.93. The van der Waals surface area contributed by atoms with Crippen LogP contribution in [0, 0.1) is 11.8 Å². The summed E-state index contributed by atoms with van der Waals surface area (Å²) in [6, 6.07) is 1.70. The molecule has 1 heteroatoms. The van der Waals surface area contributed by atoms with Crippen LogP contribution in [0.1, 0.15) is 38.5 Å². The van der Waals surface area contributed by atoms with Crippen LogP contribution in [0.4, 0.5) is 0 Å². The molecule has 0 radical (unpaired) electrons. The number of fused-ring (bicyclic) bond motifs is 1. The molecule has 0 aliphatic heterocycles. The molecular formula is C12H19N. The van der Waals surface area contributed by atoms with E-state index in [0.29, 0.717) is 0 Å². The van der Waals surface area contributed by atoms with E-state index in [0.717, 1.165) is 23.9 Å². The molecule has 0 heterocycles. The van der Waals surface area contributed by atoms with E-state index in [-0.39, 0.29) is 0 Å². The smallest absolute Gasteiger partial charge is 0.0138 e. The normalized spacial score (nSPS) is 43.5. The van der Waals surface area contributed by atoms with Crippen molar-refractivity contribution >= 4 is 0 Å². The van der Waals surface area contributed by atoms with Gasteiger partial charge >= 0.3 is 0 Å². The maximum absolute atomic E-state index is 3.84. The van der Waals surface area contributed by atoms with Gasteiger partial charge in [0.25, 0.3) is 0 Å². The van der Waals surface area contributed by atoms with Gasteiger partial charge in [-0.1, -0.05) is 25.0 Å². The number of rotatable bonds is 2. The molecule has 3 aliphatic rings. The highest BCUT2D eigenvalue weighted by molar-refractivity contribution is 5.13. The molecule has 0 aromatic carbocycles. The molecule has 72 valence electrons. The lowest BCUT2D eigenvalue weighted by Crippen LogP contribution is -2.51. The summed E-state index contributed by atoms with van der Waals surface area (Å²) in [6.07, 6.45) is 13.4. The third kappa shape index (κ3) is 1.34. The molecule has 2 saturated carbocycles. The predicted octanol–water partition coefficient (Wildman–Crippen LogP) is 2.48. The van der Waals surface area contributed by atoms with E-state index in [1.54, 1.807) is 0 Å². The van der Waals surface area contributed by atoms with Gasteiger partial charge in [-0.3, -0.25) is 0 Å². The summed E-state index contributed by atoms with van der Waals surface area (Å²) < 4.78 is 0. The minimum atomic E-state index is 0.840. The lowest BCUT2D eigenvalue weighted by atomic mass is 9.71. The molecule has 3 aliphatic carbocycles. The van der Waals surface area contributed by atoms with Gasteiger partial charge in [-0.05, 0) is 37.5 Å². The fraction of sp³-hybridized carbons (Fsp3) is 0.833. The van der Waals surface area contributed by atoms with E-state index in [9.17, 15) is 0 Å². The largest absolute Gasteiger partial charge is 0.311 e. The molecule has 3 unspecified atom stereocenters. The monoisotopic (exact) mass is 177 g/mol. The van der Waals surface area contributed by atoms with Crippen LogP contribution in [0.15, 0.2) is 12.2 Å². The summed E-state index contributed by atoms with van der Waals surface area (Å²) in [4.78, 5) is 0. The highest BCUT2D eigenvalue weighted by Gasteiger charge is 2.41. The van der Waals surface area contributed by atoms with E-state index in [1.807, 2.05) is 0 Å². The Morgan fingerprint density at radius 3 is 2.77 bits per heavy atom. The van der Waals surface area contributed by atoms with Gasteiger partial charge in [-0.2, -0.15) is 0 Å². The van der Waals surface area contributed by atoms with E-state index < -0.39 is 0 Å². The molecule has 3 atom stereocenters. The summed E-state index contributed by atoms with van der Waals surface area (Å²) in [5.74, 6) is 1.92. The van der Waals surface area contributed by atoms with Crippen molar-refractivity contribution in [1.82, 2.24) is 5.32 Å². The van der Waals surface area contributed by atoms with Crippen LogP contribution >= 0.6 is 0 Å².